The van der Waals surface area contributed by atoms with E-state index in [1.807, 2.05) is 6.26 Å². The predicted octanol–water partition coefficient (Wildman–Crippen LogP) is 6.09. The number of carbonyl (C=O) groups excluding carboxylic acids is 1. The second kappa shape index (κ2) is 19.5. The quantitative estimate of drug-likeness (QED) is 0.264. The Hall–Kier alpha value is -0.220. The number of aliphatic hydroxyl groups excluding tert-OH is 1. The molecule has 0 heterocycles. The molecule has 0 radical (unpaired) electrons. The van der Waals surface area contributed by atoms with Crippen molar-refractivity contribution in [3.05, 3.63) is 0 Å². The van der Waals surface area contributed by atoms with Gasteiger partial charge in [-0.1, -0.05) is 90.9 Å². The second-order valence-electron chi connectivity index (χ2n) is 7.62. The van der Waals surface area contributed by atoms with Crippen LogP contribution in [-0.4, -0.2) is 35.2 Å². The van der Waals surface area contributed by atoms with Gasteiger partial charge >= 0.3 is 0 Å². The summed E-state index contributed by atoms with van der Waals surface area (Å²) in [6.45, 7) is 4.44. The van der Waals surface area contributed by atoms with E-state index < -0.39 is 6.10 Å². The first-order chi connectivity index (χ1) is 12.7. The van der Waals surface area contributed by atoms with E-state index in [-0.39, 0.29) is 11.9 Å². The third kappa shape index (κ3) is 16.0. The number of carbonyl (C=O) groups is 1. The largest absolute Gasteiger partial charge is 0.391 e. The standard InChI is InChI=1S/C22H45NO2S/c1-4-6-8-10-11-12-13-14-16-18-22(25)23-20(19-26-3)21(24)17-15-9-7-5-2/h20-21,24H,4-19H2,1-3H3,(H,23,25). The van der Waals surface area contributed by atoms with Crippen molar-refractivity contribution in [1.82, 2.24) is 5.32 Å². The Morgan fingerprint density at radius 3 is 1.88 bits per heavy atom. The van der Waals surface area contributed by atoms with Gasteiger partial charge in [0.25, 0.3) is 0 Å². The molecule has 0 rings (SSSR count). The SMILES string of the molecule is CCCCCCCCCCCC(=O)NC(CSC)C(O)CCCCCC. The van der Waals surface area contributed by atoms with E-state index in [2.05, 4.69) is 19.2 Å². The van der Waals surface area contributed by atoms with Crippen LogP contribution in [0.5, 0.6) is 0 Å². The maximum Gasteiger partial charge on any atom is 0.220 e. The maximum absolute atomic E-state index is 12.2. The summed E-state index contributed by atoms with van der Waals surface area (Å²) in [7, 11) is 0. The van der Waals surface area contributed by atoms with E-state index in [1.54, 1.807) is 11.8 Å². The Morgan fingerprint density at radius 1 is 0.846 bits per heavy atom. The van der Waals surface area contributed by atoms with Crippen molar-refractivity contribution in [3.8, 4) is 0 Å². The van der Waals surface area contributed by atoms with E-state index in [1.165, 1.54) is 64.2 Å². The molecule has 0 aromatic carbocycles. The molecule has 2 atom stereocenters. The van der Waals surface area contributed by atoms with Gasteiger partial charge in [-0.25, -0.2) is 0 Å². The first kappa shape index (κ1) is 25.8. The fraction of sp³-hybridized carbons (Fsp3) is 0.955. The number of unbranched alkanes of at least 4 members (excludes halogenated alkanes) is 11. The normalized spacial score (nSPS) is 13.5. The molecule has 3 nitrogen and oxygen atoms in total. The lowest BCUT2D eigenvalue weighted by Gasteiger charge is -2.23. The minimum Gasteiger partial charge on any atom is -0.391 e. The summed E-state index contributed by atoms with van der Waals surface area (Å²) in [6.07, 6.45) is 19.1. The van der Waals surface area contributed by atoms with Crippen LogP contribution in [0.15, 0.2) is 0 Å². The fourth-order valence-electron chi connectivity index (χ4n) is 3.29. The van der Waals surface area contributed by atoms with Crippen molar-refractivity contribution >= 4 is 17.7 Å². The molecule has 4 heteroatoms. The smallest absolute Gasteiger partial charge is 0.220 e. The summed E-state index contributed by atoms with van der Waals surface area (Å²) in [4.78, 5) is 12.2. The Labute approximate surface area is 167 Å². The molecule has 2 N–H and O–H groups in total. The van der Waals surface area contributed by atoms with Gasteiger partial charge in [0.05, 0.1) is 12.1 Å². The summed E-state index contributed by atoms with van der Waals surface area (Å²) in [6, 6.07) is -0.0994. The number of hydrogen-bond donors (Lipinski definition) is 2. The van der Waals surface area contributed by atoms with Crippen molar-refractivity contribution in [2.75, 3.05) is 12.0 Å². The summed E-state index contributed by atoms with van der Waals surface area (Å²) in [5.74, 6) is 0.901. The topological polar surface area (TPSA) is 49.3 Å². The van der Waals surface area contributed by atoms with Crippen LogP contribution in [0.2, 0.25) is 0 Å². The molecule has 1 amide bonds. The zero-order valence-corrected chi connectivity index (χ0v) is 18.5. The van der Waals surface area contributed by atoms with E-state index in [0.29, 0.717) is 6.42 Å². The van der Waals surface area contributed by atoms with Crippen LogP contribution in [0.3, 0.4) is 0 Å². The summed E-state index contributed by atoms with van der Waals surface area (Å²) >= 11 is 1.69. The van der Waals surface area contributed by atoms with Crippen LogP contribution >= 0.6 is 11.8 Å². The number of aliphatic hydroxyl groups is 1. The van der Waals surface area contributed by atoms with Gasteiger partial charge in [0, 0.05) is 12.2 Å². The molecule has 0 spiro atoms. The molecule has 156 valence electrons. The number of rotatable bonds is 19. The molecule has 26 heavy (non-hydrogen) atoms. The van der Waals surface area contributed by atoms with Gasteiger partial charge in [-0.3, -0.25) is 4.79 Å². The first-order valence-corrected chi connectivity index (χ1v) is 12.5. The minimum absolute atomic E-state index is 0.0994. The van der Waals surface area contributed by atoms with Crippen molar-refractivity contribution in [2.45, 2.75) is 122 Å². The lowest BCUT2D eigenvalue weighted by Crippen LogP contribution is -2.45. The van der Waals surface area contributed by atoms with E-state index in [0.717, 1.165) is 31.4 Å². The molecule has 0 bridgehead atoms. The lowest BCUT2D eigenvalue weighted by atomic mass is 10.0. The number of amides is 1. The maximum atomic E-state index is 12.2. The van der Waals surface area contributed by atoms with Crippen LogP contribution in [-0.2, 0) is 4.79 Å². The monoisotopic (exact) mass is 387 g/mol. The number of nitrogens with one attached hydrogen (secondary N) is 1. The number of hydrogen-bond acceptors (Lipinski definition) is 3. The van der Waals surface area contributed by atoms with Crippen LogP contribution in [0.25, 0.3) is 0 Å². The van der Waals surface area contributed by atoms with E-state index >= 15 is 0 Å². The molecular formula is C22H45NO2S. The average molecular weight is 388 g/mol. The minimum atomic E-state index is -0.411. The van der Waals surface area contributed by atoms with Crippen LogP contribution in [0.1, 0.15) is 110 Å². The van der Waals surface area contributed by atoms with Crippen molar-refractivity contribution < 1.29 is 9.90 Å². The zero-order chi connectivity index (χ0) is 19.5. The predicted molar refractivity (Wildman–Crippen MR) is 117 cm³/mol. The van der Waals surface area contributed by atoms with Gasteiger partial charge in [-0.05, 0) is 19.1 Å². The van der Waals surface area contributed by atoms with Crippen molar-refractivity contribution in [3.63, 3.8) is 0 Å². The lowest BCUT2D eigenvalue weighted by molar-refractivity contribution is -0.122. The van der Waals surface area contributed by atoms with E-state index in [9.17, 15) is 9.90 Å². The average Bonchev–Trinajstić information content (AvgIpc) is 2.63. The Bertz CT molecular complexity index is 313. The number of thioether (sulfide) groups is 1. The zero-order valence-electron chi connectivity index (χ0n) is 17.7. The highest BCUT2D eigenvalue weighted by Gasteiger charge is 2.20. The van der Waals surface area contributed by atoms with Crippen LogP contribution in [0.4, 0.5) is 0 Å². The van der Waals surface area contributed by atoms with Gasteiger partial charge in [-0.2, -0.15) is 11.8 Å². The van der Waals surface area contributed by atoms with Crippen molar-refractivity contribution in [2.24, 2.45) is 0 Å². The Kier molecular flexibility index (Phi) is 19.4. The third-order valence-corrected chi connectivity index (χ3v) is 5.71. The molecule has 0 aliphatic heterocycles. The highest BCUT2D eigenvalue weighted by molar-refractivity contribution is 7.98. The van der Waals surface area contributed by atoms with Gasteiger partial charge in [0.1, 0.15) is 0 Å². The molecule has 0 saturated carbocycles. The van der Waals surface area contributed by atoms with Crippen LogP contribution < -0.4 is 5.32 Å². The Balaban J connectivity index is 3.79. The van der Waals surface area contributed by atoms with Gasteiger partial charge < -0.3 is 10.4 Å². The fourth-order valence-corrected chi connectivity index (χ4v) is 3.95. The third-order valence-electron chi connectivity index (χ3n) is 5.02. The van der Waals surface area contributed by atoms with Gasteiger partial charge in [0.2, 0.25) is 5.91 Å². The highest BCUT2D eigenvalue weighted by Crippen LogP contribution is 2.13. The molecule has 0 aromatic rings. The molecule has 0 aromatic heterocycles. The molecule has 0 aliphatic rings. The second-order valence-corrected chi connectivity index (χ2v) is 8.54. The summed E-state index contributed by atoms with van der Waals surface area (Å²) in [5.41, 5.74) is 0. The van der Waals surface area contributed by atoms with E-state index in [4.69, 9.17) is 0 Å². The molecule has 0 saturated heterocycles. The summed E-state index contributed by atoms with van der Waals surface area (Å²) < 4.78 is 0. The Morgan fingerprint density at radius 2 is 1.35 bits per heavy atom. The first-order valence-electron chi connectivity index (χ1n) is 11.1. The van der Waals surface area contributed by atoms with Crippen LogP contribution in [0, 0.1) is 0 Å². The van der Waals surface area contributed by atoms with Gasteiger partial charge in [-0.15, -0.1) is 0 Å². The summed E-state index contributed by atoms with van der Waals surface area (Å²) in [5, 5.41) is 13.5. The highest BCUT2D eigenvalue weighted by atomic mass is 32.2. The van der Waals surface area contributed by atoms with Gasteiger partial charge in [0.15, 0.2) is 0 Å². The molecule has 0 fully saturated rings. The molecule has 2 unspecified atom stereocenters. The van der Waals surface area contributed by atoms with Crippen molar-refractivity contribution in [1.29, 1.82) is 0 Å². The molecule has 0 aliphatic carbocycles. The molecular weight excluding hydrogens is 342 g/mol.